The van der Waals surface area contributed by atoms with Gasteiger partial charge in [0.1, 0.15) is 0 Å². The zero-order valence-electron chi connectivity index (χ0n) is 9.22. The van der Waals surface area contributed by atoms with Crippen LogP contribution in [-0.2, 0) is 4.79 Å². The molecule has 0 bridgehead atoms. The molecule has 82 valence electrons. The lowest BCUT2D eigenvalue weighted by molar-refractivity contribution is -0.126. The topological polar surface area (TPSA) is 55.1 Å². The number of unbranched alkanes of at least 4 members (excludes halogenated alkanes) is 1. The lowest BCUT2D eigenvalue weighted by atomic mass is 9.86. The SMILES string of the molecule is CCCCNC(=O)C(C)(CC)C(N)=S. The predicted octanol–water partition coefficient (Wildman–Crippen LogP) is 1.61. The second-order valence-corrected chi connectivity index (χ2v) is 4.10. The van der Waals surface area contributed by atoms with E-state index < -0.39 is 5.41 Å². The molecular formula is C10H20N2OS. The van der Waals surface area contributed by atoms with Crippen LogP contribution in [0.1, 0.15) is 40.0 Å². The summed E-state index contributed by atoms with van der Waals surface area (Å²) >= 11 is 4.90. The van der Waals surface area contributed by atoms with Crippen molar-refractivity contribution in [3.63, 3.8) is 0 Å². The highest BCUT2D eigenvalue weighted by atomic mass is 32.1. The number of thiocarbonyl (C=S) groups is 1. The summed E-state index contributed by atoms with van der Waals surface area (Å²) in [4.78, 5) is 12.0. The lowest BCUT2D eigenvalue weighted by Crippen LogP contribution is -2.46. The van der Waals surface area contributed by atoms with Crippen molar-refractivity contribution in [2.45, 2.75) is 40.0 Å². The molecule has 0 aliphatic carbocycles. The number of rotatable bonds is 6. The fourth-order valence-electron chi connectivity index (χ4n) is 1.02. The van der Waals surface area contributed by atoms with E-state index in [2.05, 4.69) is 12.2 Å². The Labute approximate surface area is 91.4 Å². The maximum Gasteiger partial charge on any atom is 0.232 e. The largest absolute Gasteiger partial charge is 0.392 e. The Hall–Kier alpha value is -0.640. The van der Waals surface area contributed by atoms with Crippen molar-refractivity contribution >= 4 is 23.1 Å². The van der Waals surface area contributed by atoms with Gasteiger partial charge in [-0.05, 0) is 19.8 Å². The maximum atomic E-state index is 11.7. The zero-order chi connectivity index (χ0) is 11.2. The molecule has 14 heavy (non-hydrogen) atoms. The van der Waals surface area contributed by atoms with E-state index in [0.717, 1.165) is 12.8 Å². The summed E-state index contributed by atoms with van der Waals surface area (Å²) in [6.07, 6.45) is 2.69. The second kappa shape index (κ2) is 5.96. The van der Waals surface area contributed by atoms with Crippen molar-refractivity contribution in [2.75, 3.05) is 6.54 Å². The van der Waals surface area contributed by atoms with Crippen molar-refractivity contribution < 1.29 is 4.79 Å². The molecular weight excluding hydrogens is 196 g/mol. The quantitative estimate of drug-likeness (QED) is 0.524. The van der Waals surface area contributed by atoms with E-state index in [1.165, 1.54) is 0 Å². The van der Waals surface area contributed by atoms with Crippen molar-refractivity contribution in [3.8, 4) is 0 Å². The first-order chi connectivity index (χ1) is 6.49. The summed E-state index contributed by atoms with van der Waals surface area (Å²) in [6.45, 7) is 6.49. The van der Waals surface area contributed by atoms with E-state index in [0.29, 0.717) is 13.0 Å². The van der Waals surface area contributed by atoms with Crippen molar-refractivity contribution in [3.05, 3.63) is 0 Å². The number of hydrogen-bond donors (Lipinski definition) is 2. The summed E-state index contributed by atoms with van der Waals surface area (Å²) in [6, 6.07) is 0. The van der Waals surface area contributed by atoms with Gasteiger partial charge in [0.25, 0.3) is 0 Å². The van der Waals surface area contributed by atoms with Crippen LogP contribution in [0.3, 0.4) is 0 Å². The van der Waals surface area contributed by atoms with Gasteiger partial charge in [-0.1, -0.05) is 32.5 Å². The minimum atomic E-state index is -0.691. The van der Waals surface area contributed by atoms with Gasteiger partial charge in [-0.3, -0.25) is 4.79 Å². The monoisotopic (exact) mass is 216 g/mol. The third-order valence-corrected chi connectivity index (χ3v) is 3.02. The highest BCUT2D eigenvalue weighted by Gasteiger charge is 2.33. The Balaban J connectivity index is 4.25. The average Bonchev–Trinajstić information content (AvgIpc) is 2.16. The number of nitrogens with two attached hydrogens (primary N) is 1. The molecule has 3 N–H and O–H groups in total. The van der Waals surface area contributed by atoms with Crippen LogP contribution >= 0.6 is 12.2 Å². The number of amides is 1. The Morgan fingerprint density at radius 1 is 1.50 bits per heavy atom. The van der Waals surface area contributed by atoms with Crippen LogP contribution in [-0.4, -0.2) is 17.4 Å². The lowest BCUT2D eigenvalue weighted by Gasteiger charge is -2.25. The van der Waals surface area contributed by atoms with Gasteiger partial charge in [-0.25, -0.2) is 0 Å². The molecule has 1 amide bonds. The van der Waals surface area contributed by atoms with Gasteiger partial charge in [0.2, 0.25) is 5.91 Å². The summed E-state index contributed by atoms with van der Waals surface area (Å²) in [7, 11) is 0. The Kier molecular flexibility index (Phi) is 5.69. The van der Waals surface area contributed by atoms with Gasteiger partial charge < -0.3 is 11.1 Å². The van der Waals surface area contributed by atoms with Gasteiger partial charge in [-0.2, -0.15) is 0 Å². The van der Waals surface area contributed by atoms with Crippen molar-refractivity contribution in [1.29, 1.82) is 0 Å². The maximum absolute atomic E-state index is 11.7. The number of carbonyl (C=O) groups excluding carboxylic acids is 1. The molecule has 0 fully saturated rings. The highest BCUT2D eigenvalue weighted by molar-refractivity contribution is 7.80. The third kappa shape index (κ3) is 3.25. The van der Waals surface area contributed by atoms with Gasteiger partial charge >= 0.3 is 0 Å². The van der Waals surface area contributed by atoms with Gasteiger partial charge in [-0.15, -0.1) is 0 Å². The van der Waals surface area contributed by atoms with Gasteiger partial charge in [0, 0.05) is 6.54 Å². The minimum Gasteiger partial charge on any atom is -0.392 e. The summed E-state index contributed by atoms with van der Waals surface area (Å²) in [5.41, 5.74) is 4.87. The number of nitrogens with one attached hydrogen (secondary N) is 1. The average molecular weight is 216 g/mol. The van der Waals surface area contributed by atoms with Crippen LogP contribution in [0.2, 0.25) is 0 Å². The van der Waals surface area contributed by atoms with Crippen LogP contribution in [0.25, 0.3) is 0 Å². The molecule has 0 rings (SSSR count). The number of hydrogen-bond acceptors (Lipinski definition) is 2. The molecule has 4 heteroatoms. The second-order valence-electron chi connectivity index (χ2n) is 3.66. The highest BCUT2D eigenvalue weighted by Crippen LogP contribution is 2.21. The predicted molar refractivity (Wildman–Crippen MR) is 63.1 cm³/mol. The molecule has 0 spiro atoms. The fraction of sp³-hybridized carbons (Fsp3) is 0.800. The molecule has 0 heterocycles. The molecule has 0 aromatic heterocycles. The van der Waals surface area contributed by atoms with Crippen LogP contribution < -0.4 is 11.1 Å². The van der Waals surface area contributed by atoms with E-state index in [9.17, 15) is 4.79 Å². The number of carbonyl (C=O) groups is 1. The molecule has 1 unspecified atom stereocenters. The summed E-state index contributed by atoms with van der Waals surface area (Å²) < 4.78 is 0. The normalized spacial score (nSPS) is 14.5. The fourth-order valence-corrected chi connectivity index (χ4v) is 1.26. The van der Waals surface area contributed by atoms with E-state index in [-0.39, 0.29) is 10.9 Å². The Morgan fingerprint density at radius 3 is 2.43 bits per heavy atom. The van der Waals surface area contributed by atoms with E-state index >= 15 is 0 Å². The molecule has 0 radical (unpaired) electrons. The first-order valence-corrected chi connectivity index (χ1v) is 5.48. The van der Waals surface area contributed by atoms with Crippen LogP contribution in [0.5, 0.6) is 0 Å². The Morgan fingerprint density at radius 2 is 2.07 bits per heavy atom. The molecule has 3 nitrogen and oxygen atoms in total. The summed E-state index contributed by atoms with van der Waals surface area (Å²) in [5.74, 6) is -0.0547. The van der Waals surface area contributed by atoms with E-state index in [4.69, 9.17) is 18.0 Å². The standard InChI is InChI=1S/C10H20N2OS/c1-4-6-7-12-9(13)10(3,5-2)8(11)14/h4-7H2,1-3H3,(H2,11,14)(H,12,13). The molecule has 0 aromatic rings. The first-order valence-electron chi connectivity index (χ1n) is 5.07. The molecule has 0 aromatic carbocycles. The third-order valence-electron chi connectivity index (χ3n) is 2.57. The Bertz CT molecular complexity index is 218. The van der Waals surface area contributed by atoms with Crippen molar-refractivity contribution in [1.82, 2.24) is 5.32 Å². The first kappa shape index (κ1) is 13.4. The molecule has 0 aliphatic rings. The van der Waals surface area contributed by atoms with Gasteiger partial charge in [0.05, 0.1) is 10.4 Å². The molecule has 0 saturated heterocycles. The minimum absolute atomic E-state index is 0.0547. The smallest absolute Gasteiger partial charge is 0.232 e. The molecule has 0 saturated carbocycles. The molecule has 1 atom stereocenters. The van der Waals surface area contributed by atoms with Crippen LogP contribution in [0.4, 0.5) is 0 Å². The van der Waals surface area contributed by atoms with E-state index in [1.807, 2.05) is 6.92 Å². The van der Waals surface area contributed by atoms with Crippen LogP contribution in [0.15, 0.2) is 0 Å². The summed E-state index contributed by atoms with van der Waals surface area (Å²) in [5, 5.41) is 2.85. The van der Waals surface area contributed by atoms with E-state index in [1.54, 1.807) is 6.92 Å². The zero-order valence-corrected chi connectivity index (χ0v) is 10.0. The van der Waals surface area contributed by atoms with Gasteiger partial charge in [0.15, 0.2) is 0 Å². The van der Waals surface area contributed by atoms with Crippen molar-refractivity contribution in [2.24, 2.45) is 11.1 Å². The molecule has 0 aliphatic heterocycles. The van der Waals surface area contributed by atoms with Crippen LogP contribution in [0, 0.1) is 5.41 Å².